The van der Waals surface area contributed by atoms with Gasteiger partial charge in [-0.3, -0.25) is 4.68 Å². The summed E-state index contributed by atoms with van der Waals surface area (Å²) in [5, 5.41) is 44.4. The Bertz CT molecular complexity index is 992. The van der Waals surface area contributed by atoms with E-state index >= 15 is 0 Å². The van der Waals surface area contributed by atoms with E-state index in [1.807, 2.05) is 6.92 Å². The van der Waals surface area contributed by atoms with Crippen molar-refractivity contribution in [1.82, 2.24) is 9.78 Å². The Labute approximate surface area is 198 Å². The van der Waals surface area contributed by atoms with Crippen LogP contribution in [-0.2, 0) is 15.9 Å². The smallest absolute Gasteiger partial charge is 0.443 e. The summed E-state index contributed by atoms with van der Waals surface area (Å²) in [4.78, 5) is 0. The molecule has 0 bridgehead atoms. The number of alkyl halides is 3. The van der Waals surface area contributed by atoms with E-state index in [-0.39, 0.29) is 24.1 Å². The maximum Gasteiger partial charge on any atom is 0.573 e. The highest BCUT2D eigenvalue weighted by molar-refractivity contribution is 5.38. The Morgan fingerprint density at radius 3 is 2.43 bits per heavy atom. The topological polar surface area (TPSA) is 136 Å². The summed E-state index contributed by atoms with van der Waals surface area (Å²) >= 11 is 0. The van der Waals surface area contributed by atoms with Gasteiger partial charge in [0.15, 0.2) is 0 Å². The quantitative estimate of drug-likeness (QED) is 0.432. The number of ether oxygens (including phenoxy) is 4. The molecule has 1 aromatic heterocycles. The van der Waals surface area contributed by atoms with E-state index in [2.05, 4.69) is 9.84 Å². The first-order valence-corrected chi connectivity index (χ1v) is 11.0. The highest BCUT2D eigenvalue weighted by Gasteiger charge is 2.45. The molecule has 0 spiro atoms. The SMILES string of the molecule is Cc1c(Cc2ccc(OC(F)(F)F)cc2)c(O[C@@H]2O[C@H](CO)[C@@H](O)[C@H](O)C2O)nn1C1CCOC1. The van der Waals surface area contributed by atoms with Gasteiger partial charge in [-0.15, -0.1) is 18.3 Å². The van der Waals surface area contributed by atoms with Gasteiger partial charge in [0.25, 0.3) is 0 Å². The number of hydrogen-bond acceptors (Lipinski definition) is 9. The van der Waals surface area contributed by atoms with Crippen LogP contribution in [0.2, 0.25) is 0 Å². The van der Waals surface area contributed by atoms with Gasteiger partial charge in [0.1, 0.15) is 30.2 Å². The molecular weight excluding hydrogens is 477 g/mol. The first-order chi connectivity index (χ1) is 16.6. The molecule has 6 atom stereocenters. The zero-order valence-electron chi connectivity index (χ0n) is 18.8. The number of aromatic nitrogens is 2. The molecule has 0 amide bonds. The van der Waals surface area contributed by atoms with Crippen LogP contribution in [0.3, 0.4) is 0 Å². The second-order valence-electron chi connectivity index (χ2n) is 8.51. The van der Waals surface area contributed by atoms with Gasteiger partial charge in [0, 0.05) is 24.3 Å². The number of aliphatic hydroxyl groups excluding tert-OH is 4. The average molecular weight is 504 g/mol. The van der Waals surface area contributed by atoms with Gasteiger partial charge in [-0.25, -0.2) is 0 Å². The van der Waals surface area contributed by atoms with E-state index in [1.165, 1.54) is 24.3 Å². The average Bonchev–Trinajstić information content (AvgIpc) is 3.44. The molecule has 2 aromatic rings. The lowest BCUT2D eigenvalue weighted by molar-refractivity contribution is -0.278. The normalized spacial score (nSPS) is 29.4. The molecule has 2 unspecified atom stereocenters. The fourth-order valence-electron chi connectivity index (χ4n) is 4.18. The molecule has 13 heteroatoms. The van der Waals surface area contributed by atoms with Gasteiger partial charge < -0.3 is 39.4 Å². The molecule has 3 heterocycles. The fourth-order valence-corrected chi connectivity index (χ4v) is 4.18. The monoisotopic (exact) mass is 504 g/mol. The minimum Gasteiger partial charge on any atom is -0.443 e. The largest absolute Gasteiger partial charge is 0.573 e. The van der Waals surface area contributed by atoms with E-state index in [4.69, 9.17) is 14.2 Å². The Morgan fingerprint density at radius 2 is 1.83 bits per heavy atom. The van der Waals surface area contributed by atoms with Crippen LogP contribution in [0.1, 0.15) is 29.3 Å². The van der Waals surface area contributed by atoms with Crippen molar-refractivity contribution in [1.29, 1.82) is 0 Å². The van der Waals surface area contributed by atoms with Gasteiger partial charge in [0.05, 0.1) is 19.3 Å². The highest BCUT2D eigenvalue weighted by Crippen LogP contribution is 2.33. The van der Waals surface area contributed by atoms with Crippen LogP contribution in [0.4, 0.5) is 13.2 Å². The Hall–Kier alpha value is -2.42. The number of rotatable bonds is 7. The molecule has 10 nitrogen and oxygen atoms in total. The third kappa shape index (κ3) is 5.71. The van der Waals surface area contributed by atoms with E-state index < -0.39 is 43.7 Å². The predicted molar refractivity (Wildman–Crippen MR) is 112 cm³/mol. The second-order valence-corrected chi connectivity index (χ2v) is 8.51. The maximum atomic E-state index is 12.5. The molecule has 4 rings (SSSR count). The second kappa shape index (κ2) is 10.3. The molecule has 2 aliphatic rings. The molecule has 35 heavy (non-hydrogen) atoms. The number of benzene rings is 1. The summed E-state index contributed by atoms with van der Waals surface area (Å²) in [6.07, 6.45) is -11.2. The molecule has 194 valence electrons. The van der Waals surface area contributed by atoms with Crippen molar-refractivity contribution < 1.29 is 52.5 Å². The van der Waals surface area contributed by atoms with Crippen molar-refractivity contribution in [2.75, 3.05) is 19.8 Å². The van der Waals surface area contributed by atoms with Crippen LogP contribution in [0.5, 0.6) is 11.6 Å². The van der Waals surface area contributed by atoms with Crippen molar-refractivity contribution in [3.63, 3.8) is 0 Å². The van der Waals surface area contributed by atoms with Crippen LogP contribution in [-0.4, -0.2) is 87.1 Å². The molecule has 2 fully saturated rings. The number of aliphatic hydroxyl groups is 4. The van der Waals surface area contributed by atoms with Crippen molar-refractivity contribution in [3.8, 4) is 11.6 Å². The summed E-state index contributed by atoms with van der Waals surface area (Å²) < 4.78 is 59.8. The molecular formula is C22H27F3N2O8. The number of nitrogens with zero attached hydrogens (tertiary/aromatic N) is 2. The summed E-state index contributed by atoms with van der Waals surface area (Å²) in [7, 11) is 0. The molecule has 0 radical (unpaired) electrons. The van der Waals surface area contributed by atoms with Crippen LogP contribution in [0.25, 0.3) is 0 Å². The lowest BCUT2D eigenvalue weighted by Gasteiger charge is -2.39. The van der Waals surface area contributed by atoms with Crippen LogP contribution in [0, 0.1) is 6.92 Å². The number of halogens is 3. The standard InChI is InChI=1S/C22H27F3N2O8/c1-11-15(8-12-2-4-14(5-3-12)35-22(23,24)25)20(26-27(11)13-6-7-32-10-13)34-21-19(31)18(30)17(29)16(9-28)33-21/h2-5,13,16-19,21,28-31H,6-10H2,1H3/t13?,16-,17-,18+,19?,21+/m1/s1. The Kier molecular flexibility index (Phi) is 7.54. The van der Waals surface area contributed by atoms with Gasteiger partial charge in [-0.2, -0.15) is 0 Å². The highest BCUT2D eigenvalue weighted by atomic mass is 19.4. The minimum absolute atomic E-state index is 0.0662. The number of hydrogen-bond donors (Lipinski definition) is 4. The van der Waals surface area contributed by atoms with Gasteiger partial charge in [0.2, 0.25) is 12.2 Å². The first-order valence-electron chi connectivity index (χ1n) is 11.0. The Morgan fingerprint density at radius 1 is 1.11 bits per heavy atom. The maximum absolute atomic E-state index is 12.5. The van der Waals surface area contributed by atoms with Gasteiger partial charge >= 0.3 is 6.36 Å². The third-order valence-electron chi connectivity index (χ3n) is 6.10. The van der Waals surface area contributed by atoms with Crippen molar-refractivity contribution in [2.45, 2.75) is 62.9 Å². The summed E-state index contributed by atoms with van der Waals surface area (Å²) in [6.45, 7) is 2.19. The Balaban J connectivity index is 1.61. The van der Waals surface area contributed by atoms with Crippen LogP contribution >= 0.6 is 0 Å². The fraction of sp³-hybridized carbons (Fsp3) is 0.591. The molecule has 2 aliphatic heterocycles. The molecule has 0 saturated carbocycles. The van der Waals surface area contributed by atoms with E-state index in [1.54, 1.807) is 4.68 Å². The minimum atomic E-state index is -4.80. The predicted octanol–water partition coefficient (Wildman–Crippen LogP) is 0.821. The summed E-state index contributed by atoms with van der Waals surface area (Å²) in [6, 6.07) is 5.29. The third-order valence-corrected chi connectivity index (χ3v) is 6.10. The lowest BCUT2D eigenvalue weighted by atomic mass is 9.99. The van der Waals surface area contributed by atoms with Crippen LogP contribution < -0.4 is 9.47 Å². The van der Waals surface area contributed by atoms with E-state index in [0.717, 1.165) is 5.69 Å². The molecule has 0 aliphatic carbocycles. The zero-order valence-corrected chi connectivity index (χ0v) is 18.8. The van der Waals surface area contributed by atoms with Crippen molar-refractivity contribution >= 4 is 0 Å². The van der Waals surface area contributed by atoms with Crippen molar-refractivity contribution in [3.05, 3.63) is 41.1 Å². The van der Waals surface area contributed by atoms with Crippen molar-refractivity contribution in [2.24, 2.45) is 0 Å². The summed E-state index contributed by atoms with van der Waals surface area (Å²) in [5.74, 6) is -0.274. The molecule has 2 saturated heterocycles. The lowest BCUT2D eigenvalue weighted by Crippen LogP contribution is -2.60. The van der Waals surface area contributed by atoms with E-state index in [0.29, 0.717) is 30.8 Å². The summed E-state index contributed by atoms with van der Waals surface area (Å²) in [5.41, 5.74) is 1.94. The van der Waals surface area contributed by atoms with Gasteiger partial charge in [-0.05, 0) is 31.0 Å². The molecule has 4 N–H and O–H groups in total. The van der Waals surface area contributed by atoms with Gasteiger partial charge in [-0.1, -0.05) is 12.1 Å². The van der Waals surface area contributed by atoms with Crippen LogP contribution in [0.15, 0.2) is 24.3 Å². The van der Waals surface area contributed by atoms with E-state index in [9.17, 15) is 33.6 Å². The first kappa shape index (κ1) is 25.7. The zero-order chi connectivity index (χ0) is 25.3. The molecule has 1 aromatic carbocycles.